The summed E-state index contributed by atoms with van der Waals surface area (Å²) in [4.78, 5) is 26.5. The highest BCUT2D eigenvalue weighted by Gasteiger charge is 2.31. The lowest BCUT2D eigenvalue weighted by molar-refractivity contribution is -0.137. The molecule has 0 aromatic heterocycles. The highest BCUT2D eigenvalue weighted by atomic mass is 16.4. The van der Waals surface area contributed by atoms with Crippen LogP contribution in [0.5, 0.6) is 0 Å². The minimum Gasteiger partial charge on any atom is -0.481 e. The number of carboxylic acid groups (broad SMARTS) is 1. The normalized spacial score (nSPS) is 18.6. The highest BCUT2D eigenvalue weighted by Crippen LogP contribution is 2.36. The standard InChI is InChI=1S/C15H28N2O3/c1-5-17(11-8-13(18)19)14(20)16(4)12-6-9-15(2,3)10-7-12/h12H,5-11H2,1-4H3,(H,18,19). The third-order valence-electron chi connectivity index (χ3n) is 4.41. The van der Waals surface area contributed by atoms with Crippen LogP contribution in [0.2, 0.25) is 0 Å². The maximum Gasteiger partial charge on any atom is 0.319 e. The number of carboxylic acids is 1. The van der Waals surface area contributed by atoms with Crippen molar-refractivity contribution in [3.8, 4) is 0 Å². The summed E-state index contributed by atoms with van der Waals surface area (Å²) in [7, 11) is 1.84. The molecule has 0 heterocycles. The van der Waals surface area contributed by atoms with E-state index in [0.717, 1.165) is 25.7 Å². The van der Waals surface area contributed by atoms with Crippen molar-refractivity contribution in [2.24, 2.45) is 5.41 Å². The SMILES string of the molecule is CCN(CCC(=O)O)C(=O)N(C)C1CCC(C)(C)CC1. The summed E-state index contributed by atoms with van der Waals surface area (Å²) in [5.74, 6) is -0.863. The fourth-order valence-corrected chi connectivity index (χ4v) is 2.77. The van der Waals surface area contributed by atoms with Crippen molar-refractivity contribution in [3.05, 3.63) is 0 Å². The third kappa shape index (κ3) is 4.69. The van der Waals surface area contributed by atoms with E-state index in [2.05, 4.69) is 13.8 Å². The van der Waals surface area contributed by atoms with Gasteiger partial charge in [0.1, 0.15) is 0 Å². The highest BCUT2D eigenvalue weighted by molar-refractivity contribution is 5.75. The van der Waals surface area contributed by atoms with Crippen LogP contribution >= 0.6 is 0 Å². The molecule has 0 bridgehead atoms. The van der Waals surface area contributed by atoms with Gasteiger partial charge >= 0.3 is 12.0 Å². The Balaban J connectivity index is 2.54. The number of aliphatic carboxylic acids is 1. The Hall–Kier alpha value is -1.26. The van der Waals surface area contributed by atoms with Gasteiger partial charge in [0.15, 0.2) is 0 Å². The molecule has 1 fully saturated rings. The molecule has 0 saturated heterocycles. The van der Waals surface area contributed by atoms with Gasteiger partial charge in [-0.15, -0.1) is 0 Å². The third-order valence-corrected chi connectivity index (χ3v) is 4.41. The lowest BCUT2D eigenvalue weighted by Crippen LogP contribution is -2.48. The van der Waals surface area contributed by atoms with Crippen LogP contribution < -0.4 is 0 Å². The first-order chi connectivity index (χ1) is 9.26. The van der Waals surface area contributed by atoms with Crippen LogP contribution in [-0.2, 0) is 4.79 Å². The van der Waals surface area contributed by atoms with Gasteiger partial charge in [-0.1, -0.05) is 13.8 Å². The van der Waals surface area contributed by atoms with Gasteiger partial charge in [-0.2, -0.15) is 0 Å². The van der Waals surface area contributed by atoms with Crippen molar-refractivity contribution in [2.75, 3.05) is 20.1 Å². The Kier molecular flexibility index (Phi) is 5.84. The molecule has 1 saturated carbocycles. The second-order valence-corrected chi connectivity index (χ2v) is 6.51. The largest absolute Gasteiger partial charge is 0.481 e. The van der Waals surface area contributed by atoms with Gasteiger partial charge in [0.25, 0.3) is 0 Å². The zero-order valence-electron chi connectivity index (χ0n) is 13.2. The molecule has 1 N–H and O–H groups in total. The number of hydrogen-bond donors (Lipinski definition) is 1. The molecule has 0 spiro atoms. The second-order valence-electron chi connectivity index (χ2n) is 6.51. The molecule has 0 aliphatic heterocycles. The number of carbonyl (C=O) groups excluding carboxylic acids is 1. The first-order valence-corrected chi connectivity index (χ1v) is 7.50. The van der Waals surface area contributed by atoms with Crippen molar-refractivity contribution >= 4 is 12.0 Å². The van der Waals surface area contributed by atoms with Crippen molar-refractivity contribution < 1.29 is 14.7 Å². The summed E-state index contributed by atoms with van der Waals surface area (Å²) in [6, 6.07) is 0.243. The van der Waals surface area contributed by atoms with Crippen molar-refractivity contribution in [1.29, 1.82) is 0 Å². The fourth-order valence-electron chi connectivity index (χ4n) is 2.77. The molecular formula is C15H28N2O3. The first kappa shape index (κ1) is 16.8. The Morgan fingerprint density at radius 2 is 1.80 bits per heavy atom. The van der Waals surface area contributed by atoms with Gasteiger partial charge in [-0.3, -0.25) is 4.79 Å². The molecule has 5 heteroatoms. The molecule has 2 amide bonds. The van der Waals surface area contributed by atoms with Gasteiger partial charge in [0.05, 0.1) is 6.42 Å². The first-order valence-electron chi connectivity index (χ1n) is 7.50. The Morgan fingerprint density at radius 3 is 2.25 bits per heavy atom. The maximum atomic E-state index is 12.4. The van der Waals surface area contributed by atoms with Gasteiger partial charge in [0, 0.05) is 26.2 Å². The second kappa shape index (κ2) is 6.95. The number of urea groups is 1. The summed E-state index contributed by atoms with van der Waals surface area (Å²) in [5.41, 5.74) is 0.383. The summed E-state index contributed by atoms with van der Waals surface area (Å²) in [6.45, 7) is 7.27. The van der Waals surface area contributed by atoms with Crippen molar-refractivity contribution in [1.82, 2.24) is 9.80 Å². The van der Waals surface area contributed by atoms with Gasteiger partial charge in [-0.05, 0) is 38.0 Å². The molecule has 0 aromatic carbocycles. The van der Waals surface area contributed by atoms with Crippen LogP contribution in [0.15, 0.2) is 0 Å². The van der Waals surface area contributed by atoms with Crippen LogP contribution in [0.25, 0.3) is 0 Å². The molecule has 0 radical (unpaired) electrons. The van der Waals surface area contributed by atoms with Gasteiger partial charge < -0.3 is 14.9 Å². The van der Waals surface area contributed by atoms with Crippen LogP contribution in [0, 0.1) is 5.41 Å². The number of nitrogens with zero attached hydrogens (tertiary/aromatic N) is 2. The molecule has 20 heavy (non-hydrogen) atoms. The number of amides is 2. The molecule has 0 aromatic rings. The molecule has 0 unspecified atom stereocenters. The Labute approximate surface area is 121 Å². The maximum absolute atomic E-state index is 12.4. The van der Waals surface area contributed by atoms with Crippen LogP contribution in [0.1, 0.15) is 52.9 Å². The summed E-state index contributed by atoms with van der Waals surface area (Å²) >= 11 is 0. The Morgan fingerprint density at radius 1 is 1.25 bits per heavy atom. The Bertz CT molecular complexity index is 345. The van der Waals surface area contributed by atoms with E-state index >= 15 is 0 Å². The van der Waals surface area contributed by atoms with E-state index in [4.69, 9.17) is 5.11 Å². The number of rotatable bonds is 5. The van der Waals surface area contributed by atoms with Crippen molar-refractivity contribution in [2.45, 2.75) is 58.9 Å². The van der Waals surface area contributed by atoms with E-state index in [-0.39, 0.29) is 25.0 Å². The molecule has 1 aliphatic carbocycles. The average molecular weight is 284 g/mol. The fraction of sp³-hybridized carbons (Fsp3) is 0.867. The summed E-state index contributed by atoms with van der Waals surface area (Å²) in [6.07, 6.45) is 4.34. The lowest BCUT2D eigenvalue weighted by atomic mass is 9.75. The molecule has 116 valence electrons. The lowest BCUT2D eigenvalue weighted by Gasteiger charge is -2.40. The summed E-state index contributed by atoms with van der Waals surface area (Å²) < 4.78 is 0. The van der Waals surface area contributed by atoms with E-state index in [1.165, 1.54) is 0 Å². The zero-order chi connectivity index (χ0) is 15.3. The van der Waals surface area contributed by atoms with Crippen molar-refractivity contribution in [3.63, 3.8) is 0 Å². The minimum absolute atomic E-state index is 0.00508. The van der Waals surface area contributed by atoms with Crippen LogP contribution in [-0.4, -0.2) is 53.1 Å². The van der Waals surface area contributed by atoms with E-state index in [0.29, 0.717) is 12.0 Å². The minimum atomic E-state index is -0.863. The predicted molar refractivity (Wildman–Crippen MR) is 78.7 cm³/mol. The number of carbonyl (C=O) groups is 2. The van der Waals surface area contributed by atoms with E-state index < -0.39 is 5.97 Å². The molecule has 1 rings (SSSR count). The van der Waals surface area contributed by atoms with E-state index in [9.17, 15) is 9.59 Å². The smallest absolute Gasteiger partial charge is 0.319 e. The van der Waals surface area contributed by atoms with Crippen LogP contribution in [0.4, 0.5) is 4.79 Å². The van der Waals surface area contributed by atoms with Gasteiger partial charge in [0.2, 0.25) is 0 Å². The molecular weight excluding hydrogens is 256 g/mol. The van der Waals surface area contributed by atoms with Gasteiger partial charge in [-0.25, -0.2) is 4.79 Å². The monoisotopic (exact) mass is 284 g/mol. The predicted octanol–water partition coefficient (Wildman–Crippen LogP) is 2.80. The number of hydrogen-bond acceptors (Lipinski definition) is 2. The molecule has 5 nitrogen and oxygen atoms in total. The topological polar surface area (TPSA) is 60.9 Å². The quantitative estimate of drug-likeness (QED) is 0.844. The van der Waals surface area contributed by atoms with E-state index in [1.54, 1.807) is 9.80 Å². The van der Waals surface area contributed by atoms with E-state index in [1.807, 2.05) is 14.0 Å². The molecule has 1 aliphatic rings. The average Bonchev–Trinajstić information content (AvgIpc) is 2.38. The van der Waals surface area contributed by atoms with Crippen LogP contribution in [0.3, 0.4) is 0 Å². The summed E-state index contributed by atoms with van der Waals surface area (Å²) in [5, 5.41) is 8.73. The molecule has 0 atom stereocenters. The zero-order valence-corrected chi connectivity index (χ0v) is 13.2.